The van der Waals surface area contributed by atoms with Gasteiger partial charge in [-0.15, -0.1) is 11.8 Å². The number of benzene rings is 2. The van der Waals surface area contributed by atoms with Gasteiger partial charge in [-0.25, -0.2) is 0 Å². The Hall–Kier alpha value is -1.45. The summed E-state index contributed by atoms with van der Waals surface area (Å²) in [5, 5.41) is 0. The number of ether oxygens (including phenoxy) is 1. The van der Waals surface area contributed by atoms with Gasteiger partial charge < -0.3 is 10.5 Å². The fourth-order valence-corrected chi connectivity index (χ4v) is 3.41. The van der Waals surface area contributed by atoms with E-state index in [9.17, 15) is 0 Å². The summed E-state index contributed by atoms with van der Waals surface area (Å²) in [7, 11) is 0. The molecule has 2 aromatic rings. The number of nitrogens with two attached hydrogens (primary N) is 1. The van der Waals surface area contributed by atoms with Gasteiger partial charge in [0.2, 0.25) is 0 Å². The molecule has 19 heavy (non-hydrogen) atoms. The van der Waals surface area contributed by atoms with Gasteiger partial charge in [-0.05, 0) is 23.8 Å². The van der Waals surface area contributed by atoms with Gasteiger partial charge in [0.25, 0.3) is 0 Å². The van der Waals surface area contributed by atoms with Gasteiger partial charge in [0, 0.05) is 28.7 Å². The Bertz CT molecular complexity index is 570. The van der Waals surface area contributed by atoms with E-state index >= 15 is 0 Å². The number of fused-ring (bicyclic) bond motifs is 1. The van der Waals surface area contributed by atoms with Crippen LogP contribution in [0.4, 0.5) is 0 Å². The monoisotopic (exact) mass is 271 g/mol. The molecule has 0 radical (unpaired) electrons. The van der Waals surface area contributed by atoms with Gasteiger partial charge in [0.05, 0.1) is 6.61 Å². The summed E-state index contributed by atoms with van der Waals surface area (Å²) in [6.45, 7) is 1.40. The van der Waals surface area contributed by atoms with Gasteiger partial charge >= 0.3 is 0 Å². The molecule has 0 spiro atoms. The molecule has 0 bridgehead atoms. The predicted octanol–water partition coefficient (Wildman–Crippen LogP) is 3.41. The van der Waals surface area contributed by atoms with Crippen molar-refractivity contribution in [1.29, 1.82) is 0 Å². The third-order valence-corrected chi connectivity index (χ3v) is 4.54. The highest BCUT2D eigenvalue weighted by atomic mass is 32.2. The maximum Gasteiger partial charge on any atom is 0.122 e. The van der Waals surface area contributed by atoms with E-state index in [0.717, 1.165) is 18.1 Å². The number of hydrogen-bond acceptors (Lipinski definition) is 3. The molecule has 98 valence electrons. The molecule has 3 rings (SSSR count). The second-order valence-electron chi connectivity index (χ2n) is 4.71. The summed E-state index contributed by atoms with van der Waals surface area (Å²) in [6.07, 6.45) is 0. The fourth-order valence-electron chi connectivity index (χ4n) is 2.33. The van der Waals surface area contributed by atoms with Crippen LogP contribution in [0.2, 0.25) is 0 Å². The molecule has 2 nitrogen and oxygen atoms in total. The SMILES string of the molecule is NCc1cccc(SCC2COc3ccccc32)c1. The summed E-state index contributed by atoms with van der Waals surface area (Å²) >= 11 is 1.88. The molecular formula is C16H17NOS. The van der Waals surface area contributed by atoms with E-state index in [1.807, 2.05) is 17.8 Å². The van der Waals surface area contributed by atoms with E-state index in [4.69, 9.17) is 10.5 Å². The molecule has 2 N–H and O–H groups in total. The molecule has 1 aliphatic rings. The molecule has 0 fully saturated rings. The van der Waals surface area contributed by atoms with Crippen LogP contribution in [0.3, 0.4) is 0 Å². The van der Waals surface area contributed by atoms with Crippen molar-refractivity contribution in [2.75, 3.05) is 12.4 Å². The molecule has 0 aliphatic carbocycles. The lowest BCUT2D eigenvalue weighted by Crippen LogP contribution is -2.03. The Morgan fingerprint density at radius 3 is 2.95 bits per heavy atom. The number of para-hydroxylation sites is 1. The zero-order valence-corrected chi connectivity index (χ0v) is 11.5. The minimum atomic E-state index is 0.489. The Balaban J connectivity index is 1.67. The zero-order chi connectivity index (χ0) is 13.1. The third kappa shape index (κ3) is 2.77. The lowest BCUT2D eigenvalue weighted by atomic mass is 10.0. The van der Waals surface area contributed by atoms with E-state index in [-0.39, 0.29) is 0 Å². The van der Waals surface area contributed by atoms with Crippen molar-refractivity contribution in [2.45, 2.75) is 17.4 Å². The smallest absolute Gasteiger partial charge is 0.122 e. The van der Waals surface area contributed by atoms with Gasteiger partial charge in [-0.2, -0.15) is 0 Å². The Morgan fingerprint density at radius 2 is 2.05 bits per heavy atom. The quantitative estimate of drug-likeness (QED) is 0.865. The van der Waals surface area contributed by atoms with Crippen LogP contribution in [0.1, 0.15) is 17.0 Å². The number of thioether (sulfide) groups is 1. The average Bonchev–Trinajstić information content (AvgIpc) is 2.89. The molecule has 0 amide bonds. The Morgan fingerprint density at radius 1 is 1.16 bits per heavy atom. The summed E-state index contributed by atoms with van der Waals surface area (Å²) < 4.78 is 5.71. The van der Waals surface area contributed by atoms with Gasteiger partial charge in [-0.1, -0.05) is 30.3 Å². The molecule has 1 unspecified atom stereocenters. The molecule has 1 heterocycles. The summed E-state index contributed by atoms with van der Waals surface area (Å²) in [6, 6.07) is 16.8. The van der Waals surface area contributed by atoms with Crippen molar-refractivity contribution in [3.63, 3.8) is 0 Å². The average molecular weight is 271 g/mol. The second-order valence-corrected chi connectivity index (χ2v) is 5.80. The largest absolute Gasteiger partial charge is 0.493 e. The van der Waals surface area contributed by atoms with Crippen LogP contribution in [-0.2, 0) is 6.54 Å². The molecule has 0 saturated heterocycles. The fraction of sp³-hybridized carbons (Fsp3) is 0.250. The van der Waals surface area contributed by atoms with Crippen molar-refractivity contribution < 1.29 is 4.74 Å². The van der Waals surface area contributed by atoms with Crippen LogP contribution < -0.4 is 10.5 Å². The van der Waals surface area contributed by atoms with Crippen molar-refractivity contribution in [3.05, 3.63) is 59.7 Å². The lowest BCUT2D eigenvalue weighted by Gasteiger charge is -2.09. The third-order valence-electron chi connectivity index (χ3n) is 3.38. The number of hydrogen-bond donors (Lipinski definition) is 1. The van der Waals surface area contributed by atoms with Gasteiger partial charge in [0.15, 0.2) is 0 Å². The molecular weight excluding hydrogens is 254 g/mol. The first-order chi connectivity index (χ1) is 9.36. The van der Waals surface area contributed by atoms with Gasteiger partial charge in [-0.3, -0.25) is 0 Å². The highest BCUT2D eigenvalue weighted by Gasteiger charge is 2.23. The van der Waals surface area contributed by atoms with Crippen LogP contribution >= 0.6 is 11.8 Å². The van der Waals surface area contributed by atoms with E-state index in [1.54, 1.807) is 0 Å². The molecule has 0 aromatic heterocycles. The van der Waals surface area contributed by atoms with Crippen molar-refractivity contribution in [3.8, 4) is 5.75 Å². The standard InChI is InChI=1S/C16H17NOS/c17-9-12-4-3-5-14(8-12)19-11-13-10-18-16-7-2-1-6-15(13)16/h1-8,13H,9-11,17H2. The highest BCUT2D eigenvalue weighted by Crippen LogP contribution is 2.36. The Kier molecular flexibility index (Phi) is 3.76. The van der Waals surface area contributed by atoms with Crippen molar-refractivity contribution >= 4 is 11.8 Å². The lowest BCUT2D eigenvalue weighted by molar-refractivity contribution is 0.339. The van der Waals surface area contributed by atoms with E-state index < -0.39 is 0 Å². The molecule has 3 heteroatoms. The molecule has 0 saturated carbocycles. The highest BCUT2D eigenvalue weighted by molar-refractivity contribution is 7.99. The minimum Gasteiger partial charge on any atom is -0.493 e. The minimum absolute atomic E-state index is 0.489. The zero-order valence-electron chi connectivity index (χ0n) is 10.7. The summed E-state index contributed by atoms with van der Waals surface area (Å²) in [5.74, 6) is 2.58. The first-order valence-corrected chi connectivity index (χ1v) is 7.49. The van der Waals surface area contributed by atoms with Crippen LogP contribution in [-0.4, -0.2) is 12.4 Å². The topological polar surface area (TPSA) is 35.2 Å². The van der Waals surface area contributed by atoms with Gasteiger partial charge in [0.1, 0.15) is 5.75 Å². The van der Waals surface area contributed by atoms with Crippen LogP contribution in [0.5, 0.6) is 5.75 Å². The summed E-state index contributed by atoms with van der Waals surface area (Å²) in [5.41, 5.74) is 8.20. The van der Waals surface area contributed by atoms with E-state index in [2.05, 4.69) is 42.5 Å². The number of rotatable bonds is 4. The van der Waals surface area contributed by atoms with Crippen molar-refractivity contribution in [2.24, 2.45) is 5.73 Å². The van der Waals surface area contributed by atoms with Crippen molar-refractivity contribution in [1.82, 2.24) is 0 Å². The molecule has 1 atom stereocenters. The first-order valence-electron chi connectivity index (χ1n) is 6.50. The first kappa shape index (κ1) is 12.6. The predicted molar refractivity (Wildman–Crippen MR) is 79.7 cm³/mol. The molecule has 2 aromatic carbocycles. The molecule has 1 aliphatic heterocycles. The summed E-state index contributed by atoms with van der Waals surface area (Å²) in [4.78, 5) is 1.28. The van der Waals surface area contributed by atoms with E-state index in [1.165, 1.54) is 16.0 Å². The second kappa shape index (κ2) is 5.68. The van der Waals surface area contributed by atoms with Crippen LogP contribution in [0.15, 0.2) is 53.4 Å². The van der Waals surface area contributed by atoms with Crippen LogP contribution in [0, 0.1) is 0 Å². The maximum absolute atomic E-state index is 5.71. The van der Waals surface area contributed by atoms with E-state index in [0.29, 0.717) is 12.5 Å². The maximum atomic E-state index is 5.71. The van der Waals surface area contributed by atoms with Crippen LogP contribution in [0.25, 0.3) is 0 Å². The Labute approximate surface area is 118 Å². The normalized spacial score (nSPS) is 17.0.